The van der Waals surface area contributed by atoms with Crippen LogP contribution in [0.15, 0.2) is 42.5 Å². The van der Waals surface area contributed by atoms with E-state index in [2.05, 4.69) is 0 Å². The molecule has 2 rings (SSSR count). The monoisotopic (exact) mass is 275 g/mol. The van der Waals surface area contributed by atoms with Gasteiger partial charge < -0.3 is 15.2 Å². The molecule has 0 fully saturated rings. The fourth-order valence-electron chi connectivity index (χ4n) is 2.00. The Morgan fingerprint density at radius 1 is 1.10 bits per heavy atom. The molecule has 0 aliphatic rings. The summed E-state index contributed by atoms with van der Waals surface area (Å²) in [6, 6.07) is 11.5. The lowest BCUT2D eigenvalue weighted by Crippen LogP contribution is -2.13. The van der Waals surface area contributed by atoms with E-state index >= 15 is 0 Å². The van der Waals surface area contributed by atoms with Gasteiger partial charge in [0.1, 0.15) is 17.3 Å². The zero-order valence-electron chi connectivity index (χ0n) is 11.6. The number of methoxy groups -OCH3 is 1. The SMILES string of the molecule is CCOc1ccc(C(N)c2ccc(OC)cc2F)cc1. The fraction of sp³-hybridized carbons (Fsp3) is 0.250. The topological polar surface area (TPSA) is 44.5 Å². The van der Waals surface area contributed by atoms with E-state index in [1.807, 2.05) is 31.2 Å². The summed E-state index contributed by atoms with van der Waals surface area (Å²) in [5.41, 5.74) is 7.38. The van der Waals surface area contributed by atoms with E-state index in [9.17, 15) is 4.39 Å². The number of rotatable bonds is 5. The Morgan fingerprint density at radius 3 is 2.30 bits per heavy atom. The van der Waals surface area contributed by atoms with E-state index in [0.29, 0.717) is 17.9 Å². The average molecular weight is 275 g/mol. The molecule has 2 aromatic carbocycles. The van der Waals surface area contributed by atoms with Crippen molar-refractivity contribution in [2.45, 2.75) is 13.0 Å². The van der Waals surface area contributed by atoms with Crippen molar-refractivity contribution in [2.24, 2.45) is 5.73 Å². The second-order valence-corrected chi connectivity index (χ2v) is 4.37. The van der Waals surface area contributed by atoms with Gasteiger partial charge in [0.25, 0.3) is 0 Å². The van der Waals surface area contributed by atoms with Gasteiger partial charge in [0.05, 0.1) is 19.8 Å². The number of nitrogens with two attached hydrogens (primary N) is 1. The van der Waals surface area contributed by atoms with Crippen LogP contribution >= 0.6 is 0 Å². The Kier molecular flexibility index (Phi) is 4.58. The molecule has 106 valence electrons. The first-order chi connectivity index (χ1) is 9.65. The molecule has 0 radical (unpaired) electrons. The molecule has 0 amide bonds. The second-order valence-electron chi connectivity index (χ2n) is 4.37. The zero-order chi connectivity index (χ0) is 14.5. The van der Waals surface area contributed by atoms with E-state index in [-0.39, 0.29) is 5.82 Å². The molecular formula is C16H18FNO2. The Balaban J connectivity index is 2.24. The van der Waals surface area contributed by atoms with E-state index in [4.69, 9.17) is 15.2 Å². The van der Waals surface area contributed by atoms with Crippen molar-refractivity contribution in [3.8, 4) is 11.5 Å². The lowest BCUT2D eigenvalue weighted by molar-refractivity contribution is 0.340. The summed E-state index contributed by atoms with van der Waals surface area (Å²) >= 11 is 0. The first-order valence-electron chi connectivity index (χ1n) is 6.47. The first kappa shape index (κ1) is 14.3. The first-order valence-corrected chi connectivity index (χ1v) is 6.47. The Morgan fingerprint density at radius 2 is 1.75 bits per heavy atom. The van der Waals surface area contributed by atoms with E-state index in [1.54, 1.807) is 12.1 Å². The van der Waals surface area contributed by atoms with Crippen LogP contribution in [0.4, 0.5) is 4.39 Å². The van der Waals surface area contributed by atoms with Crippen LogP contribution in [0.3, 0.4) is 0 Å². The maximum atomic E-state index is 14.0. The van der Waals surface area contributed by atoms with E-state index in [0.717, 1.165) is 11.3 Å². The van der Waals surface area contributed by atoms with Crippen molar-refractivity contribution in [3.63, 3.8) is 0 Å². The lowest BCUT2D eigenvalue weighted by Gasteiger charge is -2.15. The quantitative estimate of drug-likeness (QED) is 0.910. The summed E-state index contributed by atoms with van der Waals surface area (Å²) < 4.78 is 24.3. The largest absolute Gasteiger partial charge is 0.497 e. The molecule has 0 saturated heterocycles. The smallest absolute Gasteiger partial charge is 0.132 e. The summed E-state index contributed by atoms with van der Waals surface area (Å²) in [7, 11) is 1.50. The molecule has 20 heavy (non-hydrogen) atoms. The predicted octanol–water partition coefficient (Wildman–Crippen LogP) is 3.28. The minimum absolute atomic E-state index is 0.370. The van der Waals surface area contributed by atoms with Gasteiger partial charge in [-0.3, -0.25) is 0 Å². The van der Waals surface area contributed by atoms with Crippen LogP contribution in [0.5, 0.6) is 11.5 Å². The predicted molar refractivity (Wildman–Crippen MR) is 76.6 cm³/mol. The number of hydrogen-bond acceptors (Lipinski definition) is 3. The maximum absolute atomic E-state index is 14.0. The van der Waals surface area contributed by atoms with Gasteiger partial charge in [-0.05, 0) is 30.7 Å². The van der Waals surface area contributed by atoms with Gasteiger partial charge in [-0.1, -0.05) is 18.2 Å². The van der Waals surface area contributed by atoms with Crippen LogP contribution in [0.1, 0.15) is 24.1 Å². The third-order valence-corrected chi connectivity index (χ3v) is 3.09. The van der Waals surface area contributed by atoms with Gasteiger partial charge in [0, 0.05) is 11.6 Å². The van der Waals surface area contributed by atoms with Crippen LogP contribution in [-0.4, -0.2) is 13.7 Å². The number of benzene rings is 2. The van der Waals surface area contributed by atoms with Crippen molar-refractivity contribution in [1.82, 2.24) is 0 Å². The molecule has 0 bridgehead atoms. The highest BCUT2D eigenvalue weighted by molar-refractivity contribution is 5.38. The van der Waals surface area contributed by atoms with Crippen molar-refractivity contribution in [1.29, 1.82) is 0 Å². The molecule has 0 aromatic heterocycles. The molecule has 0 saturated carbocycles. The van der Waals surface area contributed by atoms with Gasteiger partial charge in [-0.15, -0.1) is 0 Å². The van der Waals surface area contributed by atoms with Gasteiger partial charge >= 0.3 is 0 Å². The van der Waals surface area contributed by atoms with Gasteiger partial charge in [-0.25, -0.2) is 4.39 Å². The highest BCUT2D eigenvalue weighted by atomic mass is 19.1. The van der Waals surface area contributed by atoms with Crippen LogP contribution in [0.25, 0.3) is 0 Å². The fourth-order valence-corrected chi connectivity index (χ4v) is 2.00. The normalized spacial score (nSPS) is 12.0. The average Bonchev–Trinajstić information content (AvgIpc) is 2.47. The second kappa shape index (κ2) is 6.39. The van der Waals surface area contributed by atoms with Crippen LogP contribution < -0.4 is 15.2 Å². The number of hydrogen-bond donors (Lipinski definition) is 1. The molecular weight excluding hydrogens is 257 g/mol. The standard InChI is InChI=1S/C16H18FNO2/c1-3-20-12-6-4-11(5-7-12)16(18)14-9-8-13(19-2)10-15(14)17/h4-10,16H,3,18H2,1-2H3. The van der Waals surface area contributed by atoms with Crippen LogP contribution in [0, 0.1) is 5.82 Å². The molecule has 2 N–H and O–H groups in total. The lowest BCUT2D eigenvalue weighted by atomic mass is 9.99. The summed E-state index contributed by atoms with van der Waals surface area (Å²) in [6.45, 7) is 2.53. The molecule has 1 unspecified atom stereocenters. The molecule has 0 aliphatic heterocycles. The van der Waals surface area contributed by atoms with Crippen molar-refractivity contribution in [2.75, 3.05) is 13.7 Å². The summed E-state index contributed by atoms with van der Waals surface area (Å²) in [4.78, 5) is 0. The molecule has 1 atom stereocenters. The molecule has 2 aromatic rings. The molecule has 3 nitrogen and oxygen atoms in total. The Labute approximate surface area is 118 Å². The van der Waals surface area contributed by atoms with Gasteiger partial charge in [0.2, 0.25) is 0 Å². The van der Waals surface area contributed by atoms with Gasteiger partial charge in [0.15, 0.2) is 0 Å². The zero-order valence-corrected chi connectivity index (χ0v) is 11.6. The van der Waals surface area contributed by atoms with E-state index in [1.165, 1.54) is 13.2 Å². The van der Waals surface area contributed by atoms with Crippen molar-refractivity contribution in [3.05, 3.63) is 59.4 Å². The third-order valence-electron chi connectivity index (χ3n) is 3.09. The number of halogens is 1. The van der Waals surface area contributed by atoms with Crippen molar-refractivity contribution < 1.29 is 13.9 Å². The molecule has 0 spiro atoms. The molecule has 0 heterocycles. The van der Waals surface area contributed by atoms with Crippen LogP contribution in [-0.2, 0) is 0 Å². The molecule has 0 aliphatic carbocycles. The third kappa shape index (κ3) is 3.08. The summed E-state index contributed by atoms with van der Waals surface area (Å²) in [5, 5.41) is 0. The minimum Gasteiger partial charge on any atom is -0.497 e. The Hall–Kier alpha value is -2.07. The summed E-state index contributed by atoms with van der Waals surface area (Å²) in [6.07, 6.45) is 0. The summed E-state index contributed by atoms with van der Waals surface area (Å²) in [5.74, 6) is 0.884. The van der Waals surface area contributed by atoms with Crippen LogP contribution in [0.2, 0.25) is 0 Å². The van der Waals surface area contributed by atoms with E-state index < -0.39 is 6.04 Å². The van der Waals surface area contributed by atoms with Crippen molar-refractivity contribution >= 4 is 0 Å². The number of ether oxygens (including phenoxy) is 2. The highest BCUT2D eigenvalue weighted by Crippen LogP contribution is 2.26. The highest BCUT2D eigenvalue weighted by Gasteiger charge is 2.14. The molecule has 4 heteroatoms. The Bertz CT molecular complexity index is 569. The maximum Gasteiger partial charge on any atom is 0.132 e. The van der Waals surface area contributed by atoms with Gasteiger partial charge in [-0.2, -0.15) is 0 Å². The minimum atomic E-state index is -0.517.